The molecule has 20 heavy (non-hydrogen) atoms. The zero-order valence-corrected chi connectivity index (χ0v) is 12.4. The Kier molecular flexibility index (Phi) is 5.83. The molecule has 1 saturated heterocycles. The third kappa shape index (κ3) is 4.78. The standard InChI is InChI=1S/C15H22ClN3O/c16-14-3-1-2-12(8-14)4-6-18-15(20)11-19-7-5-13(9-17)10-19/h1-3,8,13H,4-7,9-11,17H2,(H,18,20)/t13-/m0/s1. The number of hydrogen-bond donors (Lipinski definition) is 2. The second kappa shape index (κ2) is 7.62. The number of nitrogens with two attached hydrogens (primary N) is 1. The number of rotatable bonds is 6. The lowest BCUT2D eigenvalue weighted by Crippen LogP contribution is -2.37. The molecule has 0 unspecified atom stereocenters. The SMILES string of the molecule is NC[C@@H]1CCN(CC(=O)NCCc2cccc(Cl)c2)C1. The van der Waals surface area contributed by atoms with Crippen molar-refractivity contribution >= 4 is 17.5 Å². The topological polar surface area (TPSA) is 58.4 Å². The minimum Gasteiger partial charge on any atom is -0.355 e. The number of amides is 1. The van der Waals surface area contributed by atoms with Crippen LogP contribution in [0.4, 0.5) is 0 Å². The third-order valence-corrected chi connectivity index (χ3v) is 3.93. The van der Waals surface area contributed by atoms with Gasteiger partial charge in [-0.2, -0.15) is 0 Å². The van der Waals surface area contributed by atoms with E-state index in [2.05, 4.69) is 10.2 Å². The average molecular weight is 296 g/mol. The van der Waals surface area contributed by atoms with Gasteiger partial charge in [0, 0.05) is 18.1 Å². The Labute approximate surface area is 125 Å². The Morgan fingerprint density at radius 2 is 2.35 bits per heavy atom. The smallest absolute Gasteiger partial charge is 0.234 e. The van der Waals surface area contributed by atoms with E-state index in [0.717, 1.165) is 36.5 Å². The van der Waals surface area contributed by atoms with Gasteiger partial charge in [0.25, 0.3) is 0 Å². The number of likely N-dealkylation sites (tertiary alicyclic amines) is 1. The molecule has 1 aliphatic rings. The van der Waals surface area contributed by atoms with Crippen molar-refractivity contribution in [3.05, 3.63) is 34.9 Å². The molecule has 0 bridgehead atoms. The fraction of sp³-hybridized carbons (Fsp3) is 0.533. The zero-order chi connectivity index (χ0) is 14.4. The summed E-state index contributed by atoms with van der Waals surface area (Å²) in [6, 6.07) is 7.73. The highest BCUT2D eigenvalue weighted by Crippen LogP contribution is 2.14. The predicted molar refractivity (Wildman–Crippen MR) is 81.8 cm³/mol. The van der Waals surface area contributed by atoms with E-state index >= 15 is 0 Å². The Hall–Kier alpha value is -1.10. The Bertz CT molecular complexity index is 452. The van der Waals surface area contributed by atoms with Crippen LogP contribution < -0.4 is 11.1 Å². The molecule has 3 N–H and O–H groups in total. The summed E-state index contributed by atoms with van der Waals surface area (Å²) in [7, 11) is 0. The van der Waals surface area contributed by atoms with Crippen molar-refractivity contribution in [1.29, 1.82) is 0 Å². The number of hydrogen-bond acceptors (Lipinski definition) is 3. The Morgan fingerprint density at radius 1 is 1.50 bits per heavy atom. The first-order valence-electron chi connectivity index (χ1n) is 7.11. The van der Waals surface area contributed by atoms with E-state index in [1.54, 1.807) is 0 Å². The van der Waals surface area contributed by atoms with Crippen molar-refractivity contribution in [2.24, 2.45) is 11.7 Å². The van der Waals surface area contributed by atoms with Crippen LogP contribution in [0.25, 0.3) is 0 Å². The predicted octanol–water partition coefficient (Wildman–Crippen LogP) is 1.28. The maximum Gasteiger partial charge on any atom is 0.234 e. The molecule has 1 aliphatic heterocycles. The highest BCUT2D eigenvalue weighted by molar-refractivity contribution is 6.30. The van der Waals surface area contributed by atoms with E-state index in [1.807, 2.05) is 24.3 Å². The van der Waals surface area contributed by atoms with Crippen LogP contribution in [0.3, 0.4) is 0 Å². The van der Waals surface area contributed by atoms with Gasteiger partial charge in [0.2, 0.25) is 5.91 Å². The fourth-order valence-corrected chi connectivity index (χ4v) is 2.76. The summed E-state index contributed by atoms with van der Waals surface area (Å²) in [6.45, 7) is 3.76. The molecular weight excluding hydrogens is 274 g/mol. The number of nitrogens with zero attached hydrogens (tertiary/aromatic N) is 1. The first-order valence-corrected chi connectivity index (χ1v) is 7.48. The van der Waals surface area contributed by atoms with E-state index in [-0.39, 0.29) is 5.91 Å². The molecule has 0 saturated carbocycles. The highest BCUT2D eigenvalue weighted by Gasteiger charge is 2.22. The second-order valence-corrected chi connectivity index (χ2v) is 5.79. The normalized spacial score (nSPS) is 19.2. The van der Waals surface area contributed by atoms with Crippen LogP contribution in [-0.2, 0) is 11.2 Å². The number of nitrogens with one attached hydrogen (secondary N) is 1. The van der Waals surface area contributed by atoms with E-state index < -0.39 is 0 Å². The number of halogens is 1. The summed E-state index contributed by atoms with van der Waals surface area (Å²) in [6.07, 6.45) is 1.91. The van der Waals surface area contributed by atoms with Crippen LogP contribution in [0.1, 0.15) is 12.0 Å². The summed E-state index contributed by atoms with van der Waals surface area (Å²) in [5.41, 5.74) is 6.79. The van der Waals surface area contributed by atoms with Crippen LogP contribution in [0, 0.1) is 5.92 Å². The summed E-state index contributed by atoms with van der Waals surface area (Å²) >= 11 is 5.92. The molecule has 4 nitrogen and oxygen atoms in total. The second-order valence-electron chi connectivity index (χ2n) is 5.36. The minimum absolute atomic E-state index is 0.0877. The lowest BCUT2D eigenvalue weighted by Gasteiger charge is -2.15. The number of carbonyl (C=O) groups excluding carboxylic acids is 1. The molecule has 1 aromatic carbocycles. The molecule has 0 radical (unpaired) electrons. The van der Waals surface area contributed by atoms with Crippen molar-refractivity contribution < 1.29 is 4.79 Å². The van der Waals surface area contributed by atoms with Gasteiger partial charge in [0.1, 0.15) is 0 Å². The van der Waals surface area contributed by atoms with Gasteiger partial charge in [0.05, 0.1) is 6.54 Å². The van der Waals surface area contributed by atoms with Crippen molar-refractivity contribution in [1.82, 2.24) is 10.2 Å². The largest absolute Gasteiger partial charge is 0.355 e. The fourth-order valence-electron chi connectivity index (χ4n) is 2.55. The van der Waals surface area contributed by atoms with Gasteiger partial charge in [-0.05, 0) is 49.5 Å². The van der Waals surface area contributed by atoms with Crippen molar-refractivity contribution in [3.63, 3.8) is 0 Å². The number of carbonyl (C=O) groups is 1. The monoisotopic (exact) mass is 295 g/mol. The first kappa shape index (κ1) is 15.3. The maximum absolute atomic E-state index is 11.8. The quantitative estimate of drug-likeness (QED) is 0.831. The van der Waals surface area contributed by atoms with Gasteiger partial charge < -0.3 is 11.1 Å². The van der Waals surface area contributed by atoms with Gasteiger partial charge in [-0.1, -0.05) is 23.7 Å². The molecule has 1 amide bonds. The molecule has 2 rings (SSSR count). The van der Waals surface area contributed by atoms with Gasteiger partial charge >= 0.3 is 0 Å². The summed E-state index contributed by atoms with van der Waals surface area (Å²) < 4.78 is 0. The molecule has 1 atom stereocenters. The van der Waals surface area contributed by atoms with Crippen molar-refractivity contribution in [2.75, 3.05) is 32.7 Å². The molecule has 0 aromatic heterocycles. The number of benzene rings is 1. The van der Waals surface area contributed by atoms with Crippen molar-refractivity contribution in [3.8, 4) is 0 Å². The molecule has 0 aliphatic carbocycles. The van der Waals surface area contributed by atoms with Crippen LogP contribution in [0.5, 0.6) is 0 Å². The van der Waals surface area contributed by atoms with Crippen LogP contribution in [0.2, 0.25) is 5.02 Å². The lowest BCUT2D eigenvalue weighted by molar-refractivity contribution is -0.122. The molecule has 110 valence electrons. The molecule has 5 heteroatoms. The minimum atomic E-state index is 0.0877. The first-order chi connectivity index (χ1) is 9.67. The molecule has 0 spiro atoms. The van der Waals surface area contributed by atoms with Crippen LogP contribution in [0.15, 0.2) is 24.3 Å². The van der Waals surface area contributed by atoms with E-state index in [0.29, 0.717) is 25.6 Å². The highest BCUT2D eigenvalue weighted by atomic mass is 35.5. The van der Waals surface area contributed by atoms with Crippen LogP contribution in [-0.4, -0.2) is 43.5 Å². The summed E-state index contributed by atoms with van der Waals surface area (Å²) in [4.78, 5) is 14.0. The van der Waals surface area contributed by atoms with Gasteiger partial charge in [0.15, 0.2) is 0 Å². The van der Waals surface area contributed by atoms with E-state index in [9.17, 15) is 4.79 Å². The van der Waals surface area contributed by atoms with Gasteiger partial charge in [-0.15, -0.1) is 0 Å². The van der Waals surface area contributed by atoms with E-state index in [1.165, 1.54) is 0 Å². The van der Waals surface area contributed by atoms with Crippen LogP contribution >= 0.6 is 11.6 Å². The van der Waals surface area contributed by atoms with E-state index in [4.69, 9.17) is 17.3 Å². The average Bonchev–Trinajstić information content (AvgIpc) is 2.86. The van der Waals surface area contributed by atoms with Crippen molar-refractivity contribution in [2.45, 2.75) is 12.8 Å². The summed E-state index contributed by atoms with van der Waals surface area (Å²) in [5.74, 6) is 0.638. The Balaban J connectivity index is 1.65. The Morgan fingerprint density at radius 3 is 3.05 bits per heavy atom. The lowest BCUT2D eigenvalue weighted by atomic mass is 10.1. The molecular formula is C15H22ClN3O. The maximum atomic E-state index is 11.8. The zero-order valence-electron chi connectivity index (χ0n) is 11.6. The summed E-state index contributed by atoms with van der Waals surface area (Å²) in [5, 5.41) is 3.69. The molecule has 1 fully saturated rings. The van der Waals surface area contributed by atoms with Gasteiger partial charge in [-0.3, -0.25) is 9.69 Å². The third-order valence-electron chi connectivity index (χ3n) is 3.70. The molecule has 1 aromatic rings. The van der Waals surface area contributed by atoms with Gasteiger partial charge in [-0.25, -0.2) is 0 Å². The molecule has 1 heterocycles.